The minimum atomic E-state index is -3.68. The Labute approximate surface area is 124 Å². The standard InChI is InChI=1S/C11H19N3O5S2/c15-4-1-3-14-8-11(7-12-14)21(18,19)13-6-10-2-5-20(16,17)9-10/h7-8,10,13,15H,1-6,9H2. The van der Waals surface area contributed by atoms with Gasteiger partial charge in [-0.3, -0.25) is 4.68 Å². The summed E-state index contributed by atoms with van der Waals surface area (Å²) in [5.74, 6) is -0.0155. The number of hydrogen-bond donors (Lipinski definition) is 2. The van der Waals surface area contributed by atoms with E-state index in [0.717, 1.165) is 0 Å². The lowest BCUT2D eigenvalue weighted by atomic mass is 10.1. The van der Waals surface area contributed by atoms with Crippen molar-refractivity contribution in [2.45, 2.75) is 24.3 Å². The molecule has 1 atom stereocenters. The van der Waals surface area contributed by atoms with Crippen LogP contribution in [0.15, 0.2) is 17.3 Å². The number of nitrogens with zero attached hydrogens (tertiary/aromatic N) is 2. The number of aryl methyl sites for hydroxylation is 1. The molecule has 0 saturated carbocycles. The van der Waals surface area contributed by atoms with Gasteiger partial charge in [-0.25, -0.2) is 21.6 Å². The minimum Gasteiger partial charge on any atom is -0.396 e. The van der Waals surface area contributed by atoms with E-state index in [1.165, 1.54) is 17.1 Å². The van der Waals surface area contributed by atoms with Crippen molar-refractivity contribution in [3.05, 3.63) is 12.4 Å². The van der Waals surface area contributed by atoms with Crippen molar-refractivity contribution in [1.29, 1.82) is 0 Å². The predicted octanol–water partition coefficient (Wildman–Crippen LogP) is -1.02. The van der Waals surface area contributed by atoms with Crippen LogP contribution in [-0.4, -0.2) is 56.4 Å². The molecule has 1 aliphatic rings. The molecule has 1 aromatic rings. The lowest BCUT2D eigenvalue weighted by Gasteiger charge is -2.09. The van der Waals surface area contributed by atoms with Gasteiger partial charge in [0.15, 0.2) is 9.84 Å². The lowest BCUT2D eigenvalue weighted by Crippen LogP contribution is -2.29. The van der Waals surface area contributed by atoms with Gasteiger partial charge in [0.2, 0.25) is 10.0 Å². The first-order valence-electron chi connectivity index (χ1n) is 6.66. The molecule has 2 heterocycles. The molecule has 120 valence electrons. The van der Waals surface area contributed by atoms with Gasteiger partial charge in [-0.2, -0.15) is 5.10 Å². The largest absolute Gasteiger partial charge is 0.396 e. The Morgan fingerprint density at radius 3 is 2.86 bits per heavy atom. The van der Waals surface area contributed by atoms with Crippen molar-refractivity contribution in [3.63, 3.8) is 0 Å². The highest BCUT2D eigenvalue weighted by Gasteiger charge is 2.29. The maximum Gasteiger partial charge on any atom is 0.243 e. The van der Waals surface area contributed by atoms with Crippen LogP contribution in [0.25, 0.3) is 0 Å². The van der Waals surface area contributed by atoms with Crippen molar-refractivity contribution in [3.8, 4) is 0 Å². The summed E-state index contributed by atoms with van der Waals surface area (Å²) >= 11 is 0. The molecule has 0 aliphatic carbocycles. The molecule has 1 fully saturated rings. The highest BCUT2D eigenvalue weighted by Crippen LogP contribution is 2.18. The van der Waals surface area contributed by atoms with E-state index >= 15 is 0 Å². The number of aliphatic hydroxyl groups is 1. The molecular formula is C11H19N3O5S2. The highest BCUT2D eigenvalue weighted by atomic mass is 32.2. The summed E-state index contributed by atoms with van der Waals surface area (Å²) in [5.41, 5.74) is 0. The van der Waals surface area contributed by atoms with E-state index in [9.17, 15) is 16.8 Å². The van der Waals surface area contributed by atoms with Gasteiger partial charge in [0.25, 0.3) is 0 Å². The summed E-state index contributed by atoms with van der Waals surface area (Å²) in [4.78, 5) is 0.0429. The first-order chi connectivity index (χ1) is 9.82. The van der Waals surface area contributed by atoms with Gasteiger partial charge in [0, 0.05) is 25.9 Å². The number of aliphatic hydroxyl groups excluding tert-OH is 1. The fourth-order valence-corrected chi connectivity index (χ4v) is 5.11. The normalized spacial score (nSPS) is 21.7. The van der Waals surface area contributed by atoms with E-state index in [1.807, 2.05) is 0 Å². The van der Waals surface area contributed by atoms with E-state index in [4.69, 9.17) is 5.11 Å². The molecule has 21 heavy (non-hydrogen) atoms. The maximum atomic E-state index is 12.1. The molecule has 0 bridgehead atoms. The lowest BCUT2D eigenvalue weighted by molar-refractivity contribution is 0.277. The molecule has 0 radical (unpaired) electrons. The van der Waals surface area contributed by atoms with E-state index in [1.54, 1.807) is 0 Å². The Morgan fingerprint density at radius 2 is 2.24 bits per heavy atom. The van der Waals surface area contributed by atoms with Crippen LogP contribution in [-0.2, 0) is 26.4 Å². The number of hydrogen-bond acceptors (Lipinski definition) is 6. The van der Waals surface area contributed by atoms with Crippen molar-refractivity contribution >= 4 is 19.9 Å². The van der Waals surface area contributed by atoms with Crippen molar-refractivity contribution in [2.24, 2.45) is 5.92 Å². The van der Waals surface area contributed by atoms with Crippen molar-refractivity contribution < 1.29 is 21.9 Å². The molecule has 2 N–H and O–H groups in total. The number of rotatable bonds is 7. The zero-order valence-corrected chi connectivity index (χ0v) is 13.1. The van der Waals surface area contributed by atoms with Crippen LogP contribution < -0.4 is 4.72 Å². The fraction of sp³-hybridized carbons (Fsp3) is 0.727. The monoisotopic (exact) mass is 337 g/mol. The van der Waals surface area contributed by atoms with E-state index in [2.05, 4.69) is 9.82 Å². The maximum absolute atomic E-state index is 12.1. The molecule has 8 nitrogen and oxygen atoms in total. The molecule has 1 unspecified atom stereocenters. The van der Waals surface area contributed by atoms with Gasteiger partial charge in [-0.1, -0.05) is 0 Å². The molecular weight excluding hydrogens is 318 g/mol. The van der Waals surface area contributed by atoms with Crippen LogP contribution in [0, 0.1) is 5.92 Å². The van der Waals surface area contributed by atoms with Crippen LogP contribution in [0.3, 0.4) is 0 Å². The minimum absolute atomic E-state index is 0.0103. The molecule has 1 saturated heterocycles. The topological polar surface area (TPSA) is 118 Å². The molecule has 1 aromatic heterocycles. The van der Waals surface area contributed by atoms with Crippen molar-refractivity contribution in [2.75, 3.05) is 24.7 Å². The Hall–Kier alpha value is -0.970. The number of sulfonamides is 1. The number of aromatic nitrogens is 2. The fourth-order valence-electron chi connectivity index (χ4n) is 2.18. The van der Waals surface area contributed by atoms with Crippen molar-refractivity contribution in [1.82, 2.24) is 14.5 Å². The third kappa shape index (κ3) is 4.50. The van der Waals surface area contributed by atoms with Gasteiger partial charge >= 0.3 is 0 Å². The molecule has 0 spiro atoms. The third-order valence-corrected chi connectivity index (χ3v) is 6.57. The van der Waals surface area contributed by atoms with Gasteiger partial charge in [-0.05, 0) is 18.8 Å². The van der Waals surface area contributed by atoms with Crippen LogP contribution in [0.1, 0.15) is 12.8 Å². The van der Waals surface area contributed by atoms with E-state index in [-0.39, 0.29) is 35.5 Å². The van der Waals surface area contributed by atoms with Gasteiger partial charge in [0.1, 0.15) is 4.90 Å². The Kier molecular flexibility index (Phi) is 5.02. The summed E-state index contributed by atoms with van der Waals surface area (Å²) < 4.78 is 50.7. The quantitative estimate of drug-likeness (QED) is 0.657. The third-order valence-electron chi connectivity index (χ3n) is 3.35. The average molecular weight is 337 g/mol. The molecule has 2 rings (SSSR count). The summed E-state index contributed by atoms with van der Waals surface area (Å²) in [5, 5.41) is 12.6. The van der Waals surface area contributed by atoms with Crippen LogP contribution in [0.5, 0.6) is 0 Å². The second kappa shape index (κ2) is 6.42. The van der Waals surface area contributed by atoms with Gasteiger partial charge < -0.3 is 5.11 Å². The predicted molar refractivity (Wildman–Crippen MR) is 75.9 cm³/mol. The zero-order valence-electron chi connectivity index (χ0n) is 11.5. The Balaban J connectivity index is 1.94. The number of nitrogens with one attached hydrogen (secondary N) is 1. The summed E-state index contributed by atoms with van der Waals surface area (Å²) in [6.07, 6.45) is 3.61. The van der Waals surface area contributed by atoms with Crippen LogP contribution in [0.4, 0.5) is 0 Å². The van der Waals surface area contributed by atoms with Crippen LogP contribution in [0.2, 0.25) is 0 Å². The SMILES string of the molecule is O=S1(=O)CCC(CNS(=O)(=O)c2cnn(CCCO)c2)C1. The van der Waals surface area contributed by atoms with Gasteiger partial charge in [0.05, 0.1) is 17.7 Å². The smallest absolute Gasteiger partial charge is 0.243 e. The van der Waals surface area contributed by atoms with Crippen LogP contribution >= 0.6 is 0 Å². The Morgan fingerprint density at radius 1 is 1.48 bits per heavy atom. The second-order valence-electron chi connectivity index (χ2n) is 5.14. The van der Waals surface area contributed by atoms with E-state index in [0.29, 0.717) is 19.4 Å². The Bertz CT molecular complexity index is 680. The van der Waals surface area contributed by atoms with E-state index < -0.39 is 19.9 Å². The molecule has 1 aliphatic heterocycles. The van der Waals surface area contributed by atoms with Gasteiger partial charge in [-0.15, -0.1) is 0 Å². The first-order valence-corrected chi connectivity index (χ1v) is 9.96. The average Bonchev–Trinajstić information content (AvgIpc) is 3.01. The molecule has 0 aromatic carbocycles. The molecule has 0 amide bonds. The summed E-state index contributed by atoms with van der Waals surface area (Å²) in [7, 11) is -6.69. The zero-order chi connectivity index (χ0) is 15.5. The first kappa shape index (κ1) is 16.4. The number of sulfone groups is 1. The highest BCUT2D eigenvalue weighted by molar-refractivity contribution is 7.91. The summed E-state index contributed by atoms with van der Waals surface area (Å²) in [6.45, 7) is 0.562. The summed E-state index contributed by atoms with van der Waals surface area (Å²) in [6, 6.07) is 0. The second-order valence-corrected chi connectivity index (χ2v) is 9.13. The molecule has 10 heteroatoms.